The fourth-order valence-electron chi connectivity index (χ4n) is 4.22. The Bertz CT molecular complexity index is 1300. The van der Waals surface area contributed by atoms with Gasteiger partial charge in [-0.05, 0) is 86.1 Å². The number of halogens is 2. The maximum absolute atomic E-state index is 14.1. The third-order valence-corrected chi connectivity index (χ3v) is 6.53. The minimum absolute atomic E-state index is 0.302. The minimum atomic E-state index is -0.640. The van der Waals surface area contributed by atoms with Gasteiger partial charge in [-0.2, -0.15) is 4.98 Å². The average molecular weight is 461 g/mol. The van der Waals surface area contributed by atoms with E-state index in [0.717, 1.165) is 35.6 Å². The van der Waals surface area contributed by atoms with E-state index in [-0.39, 0.29) is 0 Å². The summed E-state index contributed by atoms with van der Waals surface area (Å²) in [5.74, 6) is -0.378. The maximum Gasteiger partial charge on any atom is 0.234 e. The van der Waals surface area contributed by atoms with Crippen LogP contribution in [0.25, 0.3) is 11.4 Å². The van der Waals surface area contributed by atoms with Crippen LogP contribution in [0.1, 0.15) is 53.3 Å². The third-order valence-electron chi connectivity index (χ3n) is 6.53. The van der Waals surface area contributed by atoms with Crippen LogP contribution in [0.5, 0.6) is 0 Å². The summed E-state index contributed by atoms with van der Waals surface area (Å²) >= 11 is 0. The van der Waals surface area contributed by atoms with Gasteiger partial charge in [-0.1, -0.05) is 23.4 Å². The zero-order valence-corrected chi connectivity index (χ0v) is 19.2. The number of pyridine rings is 1. The molecule has 5 rings (SSSR count). The van der Waals surface area contributed by atoms with Gasteiger partial charge in [0.2, 0.25) is 11.7 Å². The maximum atomic E-state index is 14.1. The van der Waals surface area contributed by atoms with Crippen molar-refractivity contribution in [3.05, 3.63) is 94.5 Å². The Balaban J connectivity index is 1.52. The van der Waals surface area contributed by atoms with Crippen LogP contribution in [-0.2, 0) is 6.42 Å². The molecule has 2 aromatic carbocycles. The third kappa shape index (κ3) is 4.69. The quantitative estimate of drug-likeness (QED) is 0.347. The van der Waals surface area contributed by atoms with Crippen LogP contribution in [0, 0.1) is 25.5 Å². The Morgan fingerprint density at radius 1 is 1.03 bits per heavy atom. The van der Waals surface area contributed by atoms with Crippen molar-refractivity contribution in [2.24, 2.45) is 0 Å². The molecule has 0 saturated heterocycles. The van der Waals surface area contributed by atoms with Gasteiger partial charge in [-0.15, -0.1) is 0 Å². The number of rotatable bonds is 7. The molecule has 4 aromatic rings. The van der Waals surface area contributed by atoms with E-state index < -0.39 is 17.6 Å². The molecule has 174 valence electrons. The molecule has 0 radical (unpaired) electrons. The summed E-state index contributed by atoms with van der Waals surface area (Å²) in [5, 5.41) is 7.66. The van der Waals surface area contributed by atoms with Gasteiger partial charge < -0.3 is 9.84 Å². The molecule has 0 amide bonds. The number of nitrogens with one attached hydrogen (secondary N) is 1. The Morgan fingerprint density at radius 3 is 2.53 bits per heavy atom. The number of aromatic nitrogens is 3. The fraction of sp³-hybridized carbons (Fsp3) is 0.296. The Labute approximate surface area is 197 Å². The van der Waals surface area contributed by atoms with Crippen molar-refractivity contribution in [3.8, 4) is 11.4 Å². The summed E-state index contributed by atoms with van der Waals surface area (Å²) in [5.41, 5.74) is 4.53. The van der Waals surface area contributed by atoms with E-state index in [2.05, 4.69) is 26.5 Å². The molecular formula is C27H26F2N4O. The molecule has 34 heavy (non-hydrogen) atoms. The molecule has 7 heteroatoms. The van der Waals surface area contributed by atoms with Crippen LogP contribution in [0.15, 0.2) is 59.3 Å². The molecule has 0 spiro atoms. The highest BCUT2D eigenvalue weighted by Gasteiger charge is 2.26. The molecular weight excluding hydrogens is 434 g/mol. The monoisotopic (exact) mass is 460 g/mol. The summed E-state index contributed by atoms with van der Waals surface area (Å²) in [4.78, 5) is 9.13. The van der Waals surface area contributed by atoms with Gasteiger partial charge in [-0.3, -0.25) is 0 Å². The molecule has 1 saturated carbocycles. The Kier molecular flexibility index (Phi) is 6.09. The SMILES string of the molecule is Cc1ccc(CC(c2cc(F)cc(F)c2)c2nc(-c3cccnc3NC3CCC3)no2)cc1C. The molecule has 2 aromatic heterocycles. The zero-order chi connectivity index (χ0) is 23.7. The second kappa shape index (κ2) is 9.33. The van der Waals surface area contributed by atoms with Crippen molar-refractivity contribution in [3.63, 3.8) is 0 Å². The molecule has 0 aliphatic heterocycles. The van der Waals surface area contributed by atoms with Crippen LogP contribution in [-0.4, -0.2) is 21.2 Å². The molecule has 1 N–H and O–H groups in total. The molecule has 1 atom stereocenters. The van der Waals surface area contributed by atoms with E-state index in [9.17, 15) is 8.78 Å². The van der Waals surface area contributed by atoms with Gasteiger partial charge in [0.25, 0.3) is 0 Å². The number of benzene rings is 2. The van der Waals surface area contributed by atoms with Crippen LogP contribution >= 0.6 is 0 Å². The van der Waals surface area contributed by atoms with E-state index >= 15 is 0 Å². The number of hydrogen-bond donors (Lipinski definition) is 1. The summed E-state index contributed by atoms with van der Waals surface area (Å²) in [6.07, 6.45) is 5.61. The molecule has 0 bridgehead atoms. The lowest BCUT2D eigenvalue weighted by Crippen LogP contribution is -2.27. The molecule has 5 nitrogen and oxygen atoms in total. The van der Waals surface area contributed by atoms with Crippen LogP contribution in [0.2, 0.25) is 0 Å². The lowest BCUT2D eigenvalue weighted by molar-refractivity contribution is 0.364. The topological polar surface area (TPSA) is 63.8 Å². The highest BCUT2D eigenvalue weighted by atomic mass is 19.1. The fourth-order valence-corrected chi connectivity index (χ4v) is 4.22. The Morgan fingerprint density at radius 2 is 1.82 bits per heavy atom. The minimum Gasteiger partial charge on any atom is -0.367 e. The van der Waals surface area contributed by atoms with Gasteiger partial charge in [0.15, 0.2) is 0 Å². The lowest BCUT2D eigenvalue weighted by atomic mass is 9.90. The zero-order valence-electron chi connectivity index (χ0n) is 19.2. The first-order valence-corrected chi connectivity index (χ1v) is 11.5. The number of anilines is 1. The largest absolute Gasteiger partial charge is 0.367 e. The van der Waals surface area contributed by atoms with E-state index in [1.165, 1.54) is 24.1 Å². The standard InChI is InChI=1S/C27H26F2N4O/c1-16-8-9-18(11-17(16)2)12-24(19-13-20(28)15-21(29)14-19)27-32-26(33-34-27)23-7-4-10-30-25(23)31-22-5-3-6-22/h4,7-11,13-15,22,24H,3,5-6,12H2,1-2H3,(H,30,31). The molecule has 1 fully saturated rings. The molecule has 1 aliphatic carbocycles. The predicted octanol–water partition coefficient (Wildman–Crippen LogP) is 6.37. The predicted molar refractivity (Wildman–Crippen MR) is 127 cm³/mol. The first kappa shape index (κ1) is 22.2. The van der Waals surface area contributed by atoms with E-state index in [1.54, 1.807) is 6.20 Å². The van der Waals surface area contributed by atoms with Gasteiger partial charge in [0.1, 0.15) is 17.5 Å². The van der Waals surface area contributed by atoms with Crippen molar-refractivity contribution in [1.82, 2.24) is 15.1 Å². The first-order valence-electron chi connectivity index (χ1n) is 11.5. The van der Waals surface area contributed by atoms with Crippen LogP contribution < -0.4 is 5.32 Å². The van der Waals surface area contributed by atoms with E-state index in [4.69, 9.17) is 4.52 Å². The summed E-state index contributed by atoms with van der Waals surface area (Å²) in [6, 6.07) is 13.8. The highest BCUT2D eigenvalue weighted by molar-refractivity contribution is 5.69. The van der Waals surface area contributed by atoms with Crippen molar-refractivity contribution in [2.45, 2.75) is 51.5 Å². The molecule has 1 unspecified atom stereocenters. The number of nitrogens with zero attached hydrogens (tertiary/aromatic N) is 3. The van der Waals surface area contributed by atoms with Gasteiger partial charge in [-0.25, -0.2) is 13.8 Å². The van der Waals surface area contributed by atoms with E-state index in [0.29, 0.717) is 35.6 Å². The van der Waals surface area contributed by atoms with E-state index in [1.807, 2.05) is 38.1 Å². The smallest absolute Gasteiger partial charge is 0.234 e. The number of aryl methyl sites for hydroxylation is 2. The highest BCUT2D eigenvalue weighted by Crippen LogP contribution is 2.33. The summed E-state index contributed by atoms with van der Waals surface area (Å²) < 4.78 is 33.9. The molecule has 2 heterocycles. The van der Waals surface area contributed by atoms with Crippen molar-refractivity contribution < 1.29 is 13.3 Å². The normalized spacial score (nSPS) is 14.6. The summed E-state index contributed by atoms with van der Waals surface area (Å²) in [7, 11) is 0. The summed E-state index contributed by atoms with van der Waals surface area (Å²) in [6.45, 7) is 4.09. The van der Waals surface area contributed by atoms with Gasteiger partial charge in [0.05, 0.1) is 11.5 Å². The van der Waals surface area contributed by atoms with Crippen LogP contribution in [0.4, 0.5) is 14.6 Å². The number of hydrogen-bond acceptors (Lipinski definition) is 5. The Hall–Kier alpha value is -3.61. The van der Waals surface area contributed by atoms with Crippen LogP contribution in [0.3, 0.4) is 0 Å². The van der Waals surface area contributed by atoms with Gasteiger partial charge >= 0.3 is 0 Å². The second-order valence-electron chi connectivity index (χ2n) is 9.01. The van der Waals surface area contributed by atoms with Crippen molar-refractivity contribution in [2.75, 3.05) is 5.32 Å². The van der Waals surface area contributed by atoms with Crippen molar-refractivity contribution in [1.29, 1.82) is 0 Å². The first-order chi connectivity index (χ1) is 16.5. The molecule has 1 aliphatic rings. The second-order valence-corrected chi connectivity index (χ2v) is 9.01. The average Bonchev–Trinajstić information content (AvgIpc) is 3.26. The van der Waals surface area contributed by atoms with Crippen molar-refractivity contribution >= 4 is 5.82 Å². The lowest BCUT2D eigenvalue weighted by Gasteiger charge is -2.27. The van der Waals surface area contributed by atoms with Gasteiger partial charge in [0, 0.05) is 18.3 Å².